The Morgan fingerprint density at radius 1 is 0.139 bits per heavy atom. The molecule has 0 saturated heterocycles. The Hall–Kier alpha value is -2.77. The van der Waals surface area contributed by atoms with Crippen LogP contribution in [0.15, 0.2) is 0 Å². The Balaban J connectivity index is 6.09. The molecule has 5 N–H and O–H groups in total. The van der Waals surface area contributed by atoms with E-state index in [0.717, 1.165) is 110 Å². The molecule has 0 saturated carbocycles. The SMILES string of the molecule is CCCCCCCCCCCCCCCCNC(=O)CCCCCN(CCC(=O)NCCCCCCCCCCCCCCCC)CCN(CCC(=O)NCCCCCCCCCCCCCCCC)CCN(CCC(=O)NCCCCCCCCCCCCCCCC)CCC(=O)NCCCCCCCCCCCCCCCC. The van der Waals surface area contributed by atoms with Crippen LogP contribution >= 0.6 is 0 Å². The van der Waals surface area contributed by atoms with Crippen molar-refractivity contribution in [3.8, 4) is 0 Å². The van der Waals surface area contributed by atoms with E-state index < -0.39 is 0 Å². The highest BCUT2D eigenvalue weighted by molar-refractivity contribution is 5.77. The average Bonchev–Trinajstić information content (AvgIpc) is 0.928. The number of hydrogen-bond acceptors (Lipinski definition) is 8. The maximum Gasteiger partial charge on any atom is 0.221 e. The van der Waals surface area contributed by atoms with Gasteiger partial charge in [0, 0.05) is 117 Å². The van der Waals surface area contributed by atoms with Crippen molar-refractivity contribution in [2.75, 3.05) is 91.6 Å². The summed E-state index contributed by atoms with van der Waals surface area (Å²) in [7, 11) is 0. The second-order valence-corrected chi connectivity index (χ2v) is 36.1. The first-order valence-electron chi connectivity index (χ1n) is 52.2. The van der Waals surface area contributed by atoms with Crippen LogP contribution in [0.1, 0.15) is 535 Å². The topological polar surface area (TPSA) is 155 Å². The molecule has 0 spiro atoms. The van der Waals surface area contributed by atoms with Crippen molar-refractivity contribution in [2.24, 2.45) is 0 Å². The highest BCUT2D eigenvalue weighted by atomic mass is 16.2. The van der Waals surface area contributed by atoms with Crippen LogP contribution in [-0.2, 0) is 24.0 Å². The number of nitrogens with zero attached hydrogens (tertiary/aromatic N) is 3. The summed E-state index contributed by atoms with van der Waals surface area (Å²) in [5.41, 5.74) is 0. The van der Waals surface area contributed by atoms with Gasteiger partial charge in [0.15, 0.2) is 0 Å². The Bertz CT molecular complexity index is 1930. The number of unbranched alkanes of at least 4 members (excludes halogenated alkanes) is 67. The third kappa shape index (κ3) is 91.8. The fourth-order valence-electron chi connectivity index (χ4n) is 16.6. The van der Waals surface area contributed by atoms with Crippen molar-refractivity contribution >= 4 is 29.5 Å². The molecule has 0 bridgehead atoms. The van der Waals surface area contributed by atoms with Crippen LogP contribution in [0.25, 0.3) is 0 Å². The molecule has 5 amide bonds. The predicted octanol–water partition coefficient (Wildman–Crippen LogP) is 28.0. The summed E-state index contributed by atoms with van der Waals surface area (Å²) in [5.74, 6) is 0.532. The van der Waals surface area contributed by atoms with Gasteiger partial charge in [-0.15, -0.1) is 0 Å². The third-order valence-corrected chi connectivity index (χ3v) is 24.7. The van der Waals surface area contributed by atoms with Crippen LogP contribution in [0.2, 0.25) is 0 Å². The minimum atomic E-state index is 0.0781. The van der Waals surface area contributed by atoms with E-state index in [9.17, 15) is 24.0 Å². The Labute approximate surface area is 717 Å². The van der Waals surface area contributed by atoms with Crippen LogP contribution in [-0.4, -0.2) is 136 Å². The summed E-state index contributed by atoms with van der Waals surface area (Å²) in [6.45, 7) is 21.2. The Kier molecular flexibility index (Phi) is 94.4. The summed E-state index contributed by atoms with van der Waals surface area (Å²) in [5, 5.41) is 16.3. The van der Waals surface area contributed by atoms with Crippen LogP contribution in [0.5, 0.6) is 0 Å². The number of rotatable bonds is 99. The second kappa shape index (κ2) is 96.7. The summed E-state index contributed by atoms with van der Waals surface area (Å²) in [6, 6.07) is 0. The molecular weight excluding hydrogens is 1420 g/mol. The molecule has 0 rings (SSSR count). The lowest BCUT2D eigenvalue weighted by Gasteiger charge is -2.30. The number of carbonyl (C=O) groups is 5. The molecule has 0 aromatic heterocycles. The molecule has 0 aromatic carbocycles. The van der Waals surface area contributed by atoms with Gasteiger partial charge >= 0.3 is 0 Å². The van der Waals surface area contributed by atoms with Crippen molar-refractivity contribution < 1.29 is 24.0 Å². The van der Waals surface area contributed by atoms with Crippen molar-refractivity contribution in [1.82, 2.24) is 41.3 Å². The number of hydrogen-bond donors (Lipinski definition) is 5. The van der Waals surface area contributed by atoms with Crippen molar-refractivity contribution in [1.29, 1.82) is 0 Å². The lowest BCUT2D eigenvalue weighted by molar-refractivity contribution is -0.122. The van der Waals surface area contributed by atoms with Gasteiger partial charge in [-0.2, -0.15) is 0 Å². The monoisotopic (exact) mass is 1620 g/mol. The molecule has 0 fully saturated rings. The molecule has 0 radical (unpaired) electrons. The number of nitrogens with one attached hydrogen (secondary N) is 5. The quantitative estimate of drug-likeness (QED) is 0.0377. The summed E-state index contributed by atoms with van der Waals surface area (Å²) in [6.07, 6.45) is 97.0. The van der Waals surface area contributed by atoms with E-state index in [-0.39, 0.29) is 29.5 Å². The molecule has 0 aliphatic carbocycles. The lowest BCUT2D eigenvalue weighted by atomic mass is 10.0. The first-order chi connectivity index (χ1) is 56.7. The van der Waals surface area contributed by atoms with Crippen molar-refractivity contribution in [3.05, 3.63) is 0 Å². The van der Waals surface area contributed by atoms with E-state index in [1.165, 1.54) is 392 Å². The average molecular weight is 1620 g/mol. The lowest BCUT2D eigenvalue weighted by Crippen LogP contribution is -2.43. The van der Waals surface area contributed by atoms with E-state index in [1.807, 2.05) is 0 Å². The zero-order chi connectivity index (χ0) is 83.2. The standard InChI is InChI=1S/C102H204N8O5/c1-6-11-16-21-26-31-36-41-46-51-56-61-66-73-84-103-98(111)79-72-71-78-89-108(90-80-99(112)104-85-74-67-62-57-52-47-42-37-32-27-22-17-12-7-2)94-96-110(93-83-102(115)107-88-77-70-65-60-55-50-45-40-35-30-25-20-15-10-5)97-95-109(91-81-100(113)105-86-75-68-63-58-53-48-43-38-33-28-23-18-13-8-3)92-82-101(114)106-87-76-69-64-59-54-49-44-39-34-29-24-19-14-9-4/h6-97H2,1-5H3,(H,103,111)(H,104,112)(H,105,113)(H,106,114)(H,107,115). The predicted molar refractivity (Wildman–Crippen MR) is 503 cm³/mol. The van der Waals surface area contributed by atoms with Crippen LogP contribution in [0, 0.1) is 0 Å². The maximum atomic E-state index is 13.8. The molecule has 0 aliphatic rings. The zero-order valence-corrected chi connectivity index (χ0v) is 78.4. The fourth-order valence-corrected chi connectivity index (χ4v) is 16.6. The third-order valence-electron chi connectivity index (χ3n) is 24.7. The zero-order valence-electron chi connectivity index (χ0n) is 78.4. The van der Waals surface area contributed by atoms with E-state index in [4.69, 9.17) is 0 Å². The largest absolute Gasteiger partial charge is 0.356 e. The van der Waals surface area contributed by atoms with Crippen LogP contribution < -0.4 is 26.6 Å². The van der Waals surface area contributed by atoms with E-state index >= 15 is 0 Å². The Morgan fingerprint density at radius 3 is 0.443 bits per heavy atom. The highest BCUT2D eigenvalue weighted by Gasteiger charge is 2.18. The van der Waals surface area contributed by atoms with E-state index in [2.05, 4.69) is 75.9 Å². The summed E-state index contributed by atoms with van der Waals surface area (Å²) >= 11 is 0. The van der Waals surface area contributed by atoms with E-state index in [0.29, 0.717) is 91.0 Å². The van der Waals surface area contributed by atoms with Gasteiger partial charge in [0.05, 0.1) is 0 Å². The van der Waals surface area contributed by atoms with Crippen molar-refractivity contribution in [2.45, 2.75) is 535 Å². The number of amides is 5. The first-order valence-corrected chi connectivity index (χ1v) is 52.2. The molecule has 0 unspecified atom stereocenters. The van der Waals surface area contributed by atoms with Gasteiger partial charge in [-0.25, -0.2) is 0 Å². The van der Waals surface area contributed by atoms with Gasteiger partial charge < -0.3 is 41.3 Å². The van der Waals surface area contributed by atoms with Gasteiger partial charge in [0.1, 0.15) is 0 Å². The van der Waals surface area contributed by atoms with Crippen LogP contribution in [0.4, 0.5) is 0 Å². The fraction of sp³-hybridized carbons (Fsp3) is 0.951. The van der Waals surface area contributed by atoms with Crippen molar-refractivity contribution in [3.63, 3.8) is 0 Å². The number of carbonyl (C=O) groups excluding carboxylic acids is 5. The highest BCUT2D eigenvalue weighted by Crippen LogP contribution is 2.20. The molecule has 0 atom stereocenters. The molecule has 0 aliphatic heterocycles. The van der Waals surface area contributed by atoms with Gasteiger partial charge in [0.25, 0.3) is 0 Å². The van der Waals surface area contributed by atoms with Gasteiger partial charge in [-0.1, -0.05) is 458 Å². The minimum absolute atomic E-state index is 0.0781. The van der Waals surface area contributed by atoms with Gasteiger partial charge in [0.2, 0.25) is 29.5 Å². The molecule has 115 heavy (non-hydrogen) atoms. The first kappa shape index (κ1) is 112. The molecule has 0 aromatic rings. The van der Waals surface area contributed by atoms with Gasteiger partial charge in [-0.05, 0) is 51.5 Å². The van der Waals surface area contributed by atoms with Gasteiger partial charge in [-0.3, -0.25) is 24.0 Å². The van der Waals surface area contributed by atoms with E-state index in [1.54, 1.807) is 0 Å². The molecular formula is C102H204N8O5. The second-order valence-electron chi connectivity index (χ2n) is 36.1. The smallest absolute Gasteiger partial charge is 0.221 e. The minimum Gasteiger partial charge on any atom is -0.356 e. The summed E-state index contributed by atoms with van der Waals surface area (Å²) in [4.78, 5) is 74.8. The molecule has 13 heteroatoms. The molecule has 0 heterocycles. The maximum absolute atomic E-state index is 13.8. The Morgan fingerprint density at radius 2 is 0.270 bits per heavy atom. The normalized spacial score (nSPS) is 11.7. The molecule has 682 valence electrons. The van der Waals surface area contributed by atoms with Crippen LogP contribution in [0.3, 0.4) is 0 Å². The molecule has 13 nitrogen and oxygen atoms in total. The summed E-state index contributed by atoms with van der Waals surface area (Å²) < 4.78 is 0.